The molecule has 1 heterocycles. The summed E-state index contributed by atoms with van der Waals surface area (Å²) in [5.41, 5.74) is 0.731. The molecule has 25 heavy (non-hydrogen) atoms. The molecule has 0 aromatic heterocycles. The molecule has 6 heteroatoms. The molecule has 4 aliphatic rings. The fourth-order valence-electron chi connectivity index (χ4n) is 4.23. The zero-order valence-electron chi connectivity index (χ0n) is 14.2. The van der Waals surface area contributed by atoms with Gasteiger partial charge in [-0.1, -0.05) is 12.2 Å². The average molecular weight is 340 g/mol. The van der Waals surface area contributed by atoms with Crippen LogP contribution in [0.4, 0.5) is 0 Å². The summed E-state index contributed by atoms with van der Waals surface area (Å²) in [6.07, 6.45) is 7.68. The highest BCUT2D eigenvalue weighted by Gasteiger charge is 2.56. The highest BCUT2D eigenvalue weighted by atomic mass is 16.5. The van der Waals surface area contributed by atoms with E-state index in [1.54, 1.807) is 32.4 Å². The Morgan fingerprint density at radius 1 is 1.00 bits per heavy atom. The number of fused-ring (bicyclic) bond motifs is 1. The van der Waals surface area contributed by atoms with E-state index in [2.05, 4.69) is 17.3 Å². The van der Waals surface area contributed by atoms with E-state index in [0.29, 0.717) is 11.5 Å². The Labute approximate surface area is 146 Å². The maximum atomic E-state index is 12.7. The summed E-state index contributed by atoms with van der Waals surface area (Å²) in [5.74, 6) is 0.706. The Bertz CT molecular complexity index is 754. The second-order valence-electron chi connectivity index (χ2n) is 6.69. The Kier molecular flexibility index (Phi) is 3.82. The molecule has 0 N–H and O–H groups in total. The molecule has 2 bridgehead atoms. The third-order valence-corrected chi connectivity index (χ3v) is 5.47. The number of imide groups is 1. The minimum Gasteiger partial charge on any atom is -0.493 e. The highest BCUT2D eigenvalue weighted by molar-refractivity contribution is 6.06. The summed E-state index contributed by atoms with van der Waals surface area (Å²) in [6, 6.07) is 5.32. The number of amides is 2. The molecule has 1 saturated carbocycles. The molecule has 6 nitrogen and oxygen atoms in total. The minimum atomic E-state index is -0.237. The maximum Gasteiger partial charge on any atom is 0.254 e. The molecule has 1 aromatic rings. The van der Waals surface area contributed by atoms with Crippen LogP contribution in [0.2, 0.25) is 0 Å². The highest BCUT2D eigenvalue weighted by Crippen LogP contribution is 2.49. The van der Waals surface area contributed by atoms with Crippen molar-refractivity contribution in [1.29, 1.82) is 0 Å². The fraction of sp³-hybridized carbons (Fsp3) is 0.421. The van der Waals surface area contributed by atoms with Crippen LogP contribution in [0.25, 0.3) is 0 Å². The van der Waals surface area contributed by atoms with E-state index in [1.807, 2.05) is 0 Å². The van der Waals surface area contributed by atoms with Crippen LogP contribution in [-0.4, -0.2) is 37.3 Å². The number of benzene rings is 1. The molecule has 1 aromatic carbocycles. The summed E-state index contributed by atoms with van der Waals surface area (Å²) in [6.45, 7) is 0. The molecule has 0 radical (unpaired) electrons. The number of hydrazone groups is 1. The zero-order chi connectivity index (χ0) is 17.6. The van der Waals surface area contributed by atoms with Gasteiger partial charge in [-0.05, 0) is 48.4 Å². The molecule has 0 unspecified atom stereocenters. The lowest BCUT2D eigenvalue weighted by Crippen LogP contribution is -2.38. The molecule has 0 spiro atoms. The smallest absolute Gasteiger partial charge is 0.254 e. The van der Waals surface area contributed by atoms with Crippen molar-refractivity contribution < 1.29 is 19.1 Å². The van der Waals surface area contributed by atoms with Crippen molar-refractivity contribution in [2.45, 2.75) is 12.8 Å². The lowest BCUT2D eigenvalue weighted by Gasteiger charge is -2.37. The van der Waals surface area contributed by atoms with Gasteiger partial charge in [-0.3, -0.25) is 9.59 Å². The van der Waals surface area contributed by atoms with Crippen LogP contribution in [0, 0.1) is 23.7 Å². The van der Waals surface area contributed by atoms with Crippen molar-refractivity contribution in [3.63, 3.8) is 0 Å². The van der Waals surface area contributed by atoms with Gasteiger partial charge >= 0.3 is 0 Å². The summed E-state index contributed by atoms with van der Waals surface area (Å²) in [5, 5.41) is 5.25. The molecule has 130 valence electrons. The first kappa shape index (κ1) is 15.9. The number of rotatable bonds is 4. The van der Waals surface area contributed by atoms with E-state index in [4.69, 9.17) is 9.47 Å². The molecule has 3 aliphatic carbocycles. The fourth-order valence-corrected chi connectivity index (χ4v) is 4.23. The molecule has 2 fully saturated rings. The van der Waals surface area contributed by atoms with Gasteiger partial charge in [0.1, 0.15) is 0 Å². The van der Waals surface area contributed by atoms with Crippen molar-refractivity contribution in [2.24, 2.45) is 28.8 Å². The third-order valence-electron chi connectivity index (χ3n) is 5.47. The summed E-state index contributed by atoms with van der Waals surface area (Å²) < 4.78 is 10.5. The molecular formula is C19H20N2O4. The number of ether oxygens (including phenoxy) is 2. The van der Waals surface area contributed by atoms with Crippen molar-refractivity contribution in [3.8, 4) is 11.5 Å². The van der Waals surface area contributed by atoms with E-state index in [9.17, 15) is 9.59 Å². The van der Waals surface area contributed by atoms with E-state index < -0.39 is 0 Å². The molecular weight excluding hydrogens is 320 g/mol. The quantitative estimate of drug-likeness (QED) is 0.479. The molecule has 1 saturated heterocycles. The summed E-state index contributed by atoms with van der Waals surface area (Å²) in [7, 11) is 3.12. The van der Waals surface area contributed by atoms with Gasteiger partial charge in [0.15, 0.2) is 11.5 Å². The number of carbonyl (C=O) groups excluding carboxylic acids is 2. The van der Waals surface area contributed by atoms with Crippen molar-refractivity contribution in [3.05, 3.63) is 35.9 Å². The van der Waals surface area contributed by atoms with Gasteiger partial charge < -0.3 is 9.47 Å². The van der Waals surface area contributed by atoms with Gasteiger partial charge in [-0.25, -0.2) is 0 Å². The number of hydrogen-bond donors (Lipinski definition) is 0. The number of hydrogen-bond acceptors (Lipinski definition) is 5. The van der Waals surface area contributed by atoms with Gasteiger partial charge in [-0.2, -0.15) is 10.1 Å². The van der Waals surface area contributed by atoms with Crippen LogP contribution < -0.4 is 9.47 Å². The molecule has 5 rings (SSSR count). The molecule has 1 aliphatic heterocycles. The van der Waals surface area contributed by atoms with Crippen LogP contribution in [0.1, 0.15) is 18.4 Å². The van der Waals surface area contributed by atoms with Gasteiger partial charge in [-0.15, -0.1) is 0 Å². The van der Waals surface area contributed by atoms with E-state index in [0.717, 1.165) is 23.4 Å². The van der Waals surface area contributed by atoms with Gasteiger partial charge in [0.2, 0.25) is 0 Å². The van der Waals surface area contributed by atoms with Gasteiger partial charge in [0, 0.05) is 0 Å². The average Bonchev–Trinajstić information content (AvgIpc) is 2.93. The minimum absolute atomic E-state index is 0.174. The predicted octanol–water partition coefficient (Wildman–Crippen LogP) is 2.23. The Morgan fingerprint density at radius 3 is 2.12 bits per heavy atom. The lowest BCUT2D eigenvalue weighted by atomic mass is 9.63. The lowest BCUT2D eigenvalue weighted by molar-refractivity contribution is -0.140. The predicted molar refractivity (Wildman–Crippen MR) is 91.3 cm³/mol. The van der Waals surface area contributed by atoms with Crippen molar-refractivity contribution in [1.82, 2.24) is 5.01 Å². The number of carbonyl (C=O) groups is 2. The van der Waals surface area contributed by atoms with Crippen LogP contribution in [0.3, 0.4) is 0 Å². The third kappa shape index (κ3) is 2.44. The number of methoxy groups -OCH3 is 2. The van der Waals surface area contributed by atoms with Gasteiger partial charge in [0.25, 0.3) is 11.8 Å². The molecule has 2 amide bonds. The topological polar surface area (TPSA) is 68.2 Å². The van der Waals surface area contributed by atoms with E-state index in [1.165, 1.54) is 6.21 Å². The van der Waals surface area contributed by atoms with Gasteiger partial charge in [0.05, 0.1) is 32.3 Å². The first-order valence-electron chi connectivity index (χ1n) is 8.46. The normalized spacial score (nSPS) is 30.2. The summed E-state index contributed by atoms with van der Waals surface area (Å²) >= 11 is 0. The second-order valence-corrected chi connectivity index (χ2v) is 6.69. The maximum absolute atomic E-state index is 12.7. The first-order chi connectivity index (χ1) is 12.1. The number of nitrogens with zero attached hydrogens (tertiary/aromatic N) is 2. The SMILES string of the molecule is COc1ccc(/C=N\N2C(=O)[C@@H]3[C@H](C2=O)[C@@H]2C=C[C@@H]3CC2)cc1OC. The first-order valence-corrected chi connectivity index (χ1v) is 8.46. The Hall–Kier alpha value is -2.63. The zero-order valence-corrected chi connectivity index (χ0v) is 14.2. The van der Waals surface area contributed by atoms with Crippen molar-refractivity contribution >= 4 is 18.0 Å². The Balaban J connectivity index is 1.58. The van der Waals surface area contributed by atoms with Crippen molar-refractivity contribution in [2.75, 3.05) is 14.2 Å². The van der Waals surface area contributed by atoms with Crippen LogP contribution in [0.5, 0.6) is 11.5 Å². The molecule has 4 atom stereocenters. The summed E-state index contributed by atoms with van der Waals surface area (Å²) in [4.78, 5) is 25.4. The second kappa shape index (κ2) is 6.02. The largest absolute Gasteiger partial charge is 0.493 e. The van der Waals surface area contributed by atoms with E-state index in [-0.39, 0.29) is 35.5 Å². The van der Waals surface area contributed by atoms with E-state index >= 15 is 0 Å². The van der Waals surface area contributed by atoms with Crippen LogP contribution >= 0.6 is 0 Å². The Morgan fingerprint density at radius 2 is 1.60 bits per heavy atom. The van der Waals surface area contributed by atoms with Crippen LogP contribution in [-0.2, 0) is 9.59 Å². The van der Waals surface area contributed by atoms with Crippen LogP contribution in [0.15, 0.2) is 35.5 Å². The standard InChI is InChI=1S/C19H20N2O4/c1-24-14-8-3-11(9-15(14)25-2)10-20-21-18(22)16-12-4-5-13(7-6-12)17(16)19(21)23/h3-5,8-10,12-13,16-17H,6-7H2,1-2H3/b20-10-/t12-,13-,16-,17+/m1/s1. The number of allylic oxidation sites excluding steroid dienone is 2. The monoisotopic (exact) mass is 340 g/mol.